The van der Waals surface area contributed by atoms with E-state index in [0.29, 0.717) is 25.8 Å². The Kier molecular flexibility index (Phi) is 9.73. The fraction of sp³-hybridized carbons (Fsp3) is 0.522. The van der Waals surface area contributed by atoms with Crippen LogP contribution >= 0.6 is 35.3 Å². The maximum atomic E-state index is 5.81. The zero-order valence-corrected chi connectivity index (χ0v) is 21.3. The molecule has 1 aromatic heterocycles. The zero-order chi connectivity index (χ0) is 20.6. The van der Waals surface area contributed by atoms with Gasteiger partial charge in [0.15, 0.2) is 17.5 Å². The summed E-state index contributed by atoms with van der Waals surface area (Å²) in [6, 6.07) is 10.9. The van der Waals surface area contributed by atoms with Crippen molar-refractivity contribution in [2.45, 2.75) is 38.8 Å². The average molecular weight is 557 g/mol. The van der Waals surface area contributed by atoms with Crippen molar-refractivity contribution in [1.29, 1.82) is 0 Å². The Balaban J connectivity index is 0.00000272. The average Bonchev–Trinajstić information content (AvgIpc) is 3.44. The highest BCUT2D eigenvalue weighted by molar-refractivity contribution is 14.0. The van der Waals surface area contributed by atoms with Crippen molar-refractivity contribution in [3.8, 4) is 11.5 Å². The molecular formula is C23H33IN4O2S. The molecule has 8 heteroatoms. The second kappa shape index (κ2) is 12.5. The van der Waals surface area contributed by atoms with Crippen LogP contribution in [0.25, 0.3) is 0 Å². The van der Waals surface area contributed by atoms with Crippen molar-refractivity contribution in [1.82, 2.24) is 15.5 Å². The topological polar surface area (TPSA) is 58.1 Å². The minimum atomic E-state index is 0. The Bertz CT molecular complexity index is 825. The third-order valence-electron chi connectivity index (χ3n) is 5.49. The fourth-order valence-electron chi connectivity index (χ4n) is 3.96. The number of nitrogens with one attached hydrogen (secondary N) is 2. The first-order valence-corrected chi connectivity index (χ1v) is 11.9. The van der Waals surface area contributed by atoms with Crippen LogP contribution in [-0.4, -0.2) is 50.3 Å². The standard InChI is InChI=1S/C23H32N4O2S.HI/c1-2-24-23(25-16-18-8-9-20-21(15-18)29-13-6-12-28-20)26-17-19(22-7-5-14-30-22)27-10-3-4-11-27;/h5,7-9,14-15,19H,2-4,6,10-13,16-17H2,1H3,(H2,24,25,26);1H. The van der Waals surface area contributed by atoms with Gasteiger partial charge < -0.3 is 20.1 Å². The molecule has 0 spiro atoms. The third kappa shape index (κ3) is 6.73. The Morgan fingerprint density at radius 1 is 1.10 bits per heavy atom. The molecule has 1 saturated heterocycles. The maximum Gasteiger partial charge on any atom is 0.191 e. The summed E-state index contributed by atoms with van der Waals surface area (Å²) in [7, 11) is 0. The van der Waals surface area contributed by atoms with Gasteiger partial charge in [-0.25, -0.2) is 4.99 Å². The predicted octanol–water partition coefficient (Wildman–Crippen LogP) is 4.42. The Labute approximate surface area is 206 Å². The molecular weight excluding hydrogens is 523 g/mol. The first-order valence-electron chi connectivity index (χ1n) is 11.0. The molecule has 1 unspecified atom stereocenters. The van der Waals surface area contributed by atoms with Gasteiger partial charge in [0.1, 0.15) is 0 Å². The molecule has 1 aromatic carbocycles. The van der Waals surface area contributed by atoms with E-state index < -0.39 is 0 Å². The highest BCUT2D eigenvalue weighted by Gasteiger charge is 2.24. The van der Waals surface area contributed by atoms with Crippen molar-refractivity contribution in [2.75, 3.05) is 39.4 Å². The highest BCUT2D eigenvalue weighted by atomic mass is 127. The molecule has 0 bridgehead atoms. The van der Waals surface area contributed by atoms with Crippen LogP contribution in [0.2, 0.25) is 0 Å². The molecule has 3 heterocycles. The van der Waals surface area contributed by atoms with E-state index in [1.54, 1.807) is 0 Å². The number of ether oxygens (including phenoxy) is 2. The number of rotatable bonds is 7. The van der Waals surface area contributed by atoms with Crippen LogP contribution in [0.15, 0.2) is 40.7 Å². The van der Waals surface area contributed by atoms with Gasteiger partial charge in [-0.3, -0.25) is 4.90 Å². The fourth-order valence-corrected chi connectivity index (χ4v) is 4.82. The SMILES string of the molecule is CCNC(=NCc1ccc2c(c1)OCCCO2)NCC(c1cccs1)N1CCCC1.I. The van der Waals surface area contributed by atoms with Gasteiger partial charge in [0.05, 0.1) is 25.8 Å². The minimum absolute atomic E-state index is 0. The van der Waals surface area contributed by atoms with Crippen LogP contribution in [0.1, 0.15) is 42.7 Å². The molecule has 0 amide bonds. The molecule has 4 rings (SSSR count). The molecule has 2 aromatic rings. The molecule has 1 fully saturated rings. The van der Waals surface area contributed by atoms with Crippen LogP contribution in [0.4, 0.5) is 0 Å². The van der Waals surface area contributed by atoms with Crippen LogP contribution < -0.4 is 20.1 Å². The molecule has 2 aliphatic heterocycles. The molecule has 0 aliphatic carbocycles. The summed E-state index contributed by atoms with van der Waals surface area (Å²) in [6.07, 6.45) is 3.50. The van der Waals surface area contributed by atoms with E-state index in [1.807, 2.05) is 23.5 Å². The summed E-state index contributed by atoms with van der Waals surface area (Å²) in [5, 5.41) is 9.13. The van der Waals surface area contributed by atoms with E-state index in [-0.39, 0.29) is 24.0 Å². The van der Waals surface area contributed by atoms with Crippen LogP contribution in [0, 0.1) is 0 Å². The number of hydrogen-bond acceptors (Lipinski definition) is 5. The van der Waals surface area contributed by atoms with E-state index in [4.69, 9.17) is 14.5 Å². The van der Waals surface area contributed by atoms with Crippen molar-refractivity contribution in [2.24, 2.45) is 4.99 Å². The quantitative estimate of drug-likeness (QED) is 0.301. The molecule has 0 saturated carbocycles. The van der Waals surface area contributed by atoms with Crippen molar-refractivity contribution < 1.29 is 9.47 Å². The van der Waals surface area contributed by atoms with E-state index in [2.05, 4.69) is 46.0 Å². The summed E-state index contributed by atoms with van der Waals surface area (Å²) in [5.41, 5.74) is 1.12. The number of hydrogen-bond donors (Lipinski definition) is 2. The summed E-state index contributed by atoms with van der Waals surface area (Å²) in [6.45, 7) is 8.14. The highest BCUT2D eigenvalue weighted by Crippen LogP contribution is 2.31. The molecule has 31 heavy (non-hydrogen) atoms. The number of fused-ring (bicyclic) bond motifs is 1. The van der Waals surface area contributed by atoms with E-state index in [1.165, 1.54) is 30.8 Å². The lowest BCUT2D eigenvalue weighted by Gasteiger charge is -2.27. The van der Waals surface area contributed by atoms with E-state index in [0.717, 1.165) is 42.5 Å². The third-order valence-corrected chi connectivity index (χ3v) is 6.47. The van der Waals surface area contributed by atoms with Crippen LogP contribution in [-0.2, 0) is 6.54 Å². The first kappa shape index (κ1) is 24.1. The summed E-state index contributed by atoms with van der Waals surface area (Å²) >= 11 is 1.84. The number of halogens is 1. The van der Waals surface area contributed by atoms with E-state index >= 15 is 0 Å². The summed E-state index contributed by atoms with van der Waals surface area (Å²) < 4.78 is 11.5. The number of aliphatic imine (C=N–C) groups is 1. The monoisotopic (exact) mass is 556 g/mol. The van der Waals surface area contributed by atoms with Gasteiger partial charge in [-0.1, -0.05) is 12.1 Å². The van der Waals surface area contributed by atoms with Gasteiger partial charge in [0, 0.05) is 24.4 Å². The lowest BCUT2D eigenvalue weighted by molar-refractivity contribution is 0.249. The molecule has 170 valence electrons. The molecule has 2 aliphatic rings. The van der Waals surface area contributed by atoms with Crippen LogP contribution in [0.5, 0.6) is 11.5 Å². The van der Waals surface area contributed by atoms with Crippen LogP contribution in [0.3, 0.4) is 0 Å². The smallest absolute Gasteiger partial charge is 0.191 e. The summed E-state index contributed by atoms with van der Waals surface area (Å²) in [4.78, 5) is 8.83. The number of nitrogens with zero attached hydrogens (tertiary/aromatic N) is 2. The Morgan fingerprint density at radius 3 is 2.65 bits per heavy atom. The second-order valence-corrected chi connectivity index (χ2v) is 8.66. The van der Waals surface area contributed by atoms with E-state index in [9.17, 15) is 0 Å². The maximum absolute atomic E-state index is 5.81. The predicted molar refractivity (Wildman–Crippen MR) is 138 cm³/mol. The normalized spacial score (nSPS) is 17.5. The van der Waals surface area contributed by atoms with Gasteiger partial charge in [-0.2, -0.15) is 0 Å². The molecule has 1 atom stereocenters. The lowest BCUT2D eigenvalue weighted by atomic mass is 10.2. The molecule has 2 N–H and O–H groups in total. The van der Waals surface area contributed by atoms with Gasteiger partial charge in [0.2, 0.25) is 0 Å². The molecule has 6 nitrogen and oxygen atoms in total. The van der Waals surface area contributed by atoms with Crippen molar-refractivity contribution in [3.63, 3.8) is 0 Å². The first-order chi connectivity index (χ1) is 14.8. The second-order valence-electron chi connectivity index (χ2n) is 7.68. The van der Waals surface area contributed by atoms with Gasteiger partial charge >= 0.3 is 0 Å². The van der Waals surface area contributed by atoms with Gasteiger partial charge in [-0.15, -0.1) is 35.3 Å². The number of likely N-dealkylation sites (tertiary alicyclic amines) is 1. The number of benzene rings is 1. The lowest BCUT2D eigenvalue weighted by Crippen LogP contribution is -2.42. The zero-order valence-electron chi connectivity index (χ0n) is 18.1. The van der Waals surface area contributed by atoms with Gasteiger partial charge in [0.25, 0.3) is 0 Å². The van der Waals surface area contributed by atoms with Crippen molar-refractivity contribution in [3.05, 3.63) is 46.2 Å². The summed E-state index contributed by atoms with van der Waals surface area (Å²) in [5.74, 6) is 2.50. The largest absolute Gasteiger partial charge is 0.490 e. The number of guanidine groups is 1. The van der Waals surface area contributed by atoms with Crippen molar-refractivity contribution >= 4 is 41.3 Å². The number of thiophene rings is 1. The van der Waals surface area contributed by atoms with Gasteiger partial charge in [-0.05, 0) is 62.0 Å². The Morgan fingerprint density at radius 2 is 1.90 bits per heavy atom. The minimum Gasteiger partial charge on any atom is -0.490 e. The Hall–Kier alpha value is -1.52. The molecule has 0 radical (unpaired) electrons.